The lowest BCUT2D eigenvalue weighted by atomic mass is 10.0. The topological polar surface area (TPSA) is 67.6 Å². The largest absolute Gasteiger partial charge is 0.497 e. The molecule has 3 rings (SSSR count). The average molecular weight is 343 g/mol. The summed E-state index contributed by atoms with van der Waals surface area (Å²) < 4.78 is 10.9. The van der Waals surface area contributed by atoms with Crippen molar-refractivity contribution in [2.75, 3.05) is 25.1 Å². The molecule has 0 spiro atoms. The number of piperidine rings is 1. The van der Waals surface area contributed by atoms with Gasteiger partial charge < -0.3 is 19.4 Å². The number of aromatic nitrogens is 1. The Morgan fingerprint density at radius 2 is 2.32 bits per heavy atom. The smallest absolute Gasteiger partial charge is 0.289 e. The number of nitrogens with one attached hydrogen (secondary N) is 1. The first-order valence-electron chi connectivity index (χ1n) is 8.77. The van der Waals surface area contributed by atoms with Crippen LogP contribution in [-0.4, -0.2) is 37.1 Å². The summed E-state index contributed by atoms with van der Waals surface area (Å²) in [5, 5.41) is 3.10. The number of hydrogen-bond donors (Lipinski definition) is 1. The van der Waals surface area contributed by atoms with Crippen LogP contribution in [0.4, 0.5) is 5.69 Å². The summed E-state index contributed by atoms with van der Waals surface area (Å²) in [7, 11) is 1.67. The lowest BCUT2D eigenvalue weighted by Crippen LogP contribution is -2.47. The Kier molecular flexibility index (Phi) is 5.26. The lowest BCUT2D eigenvalue weighted by molar-refractivity contribution is 0.0902. The Morgan fingerprint density at radius 1 is 1.48 bits per heavy atom. The number of carbonyl (C=O) groups is 1. The molecule has 1 atom stereocenters. The average Bonchev–Trinajstić information content (AvgIpc) is 3.03. The number of oxazole rings is 1. The molecule has 134 valence electrons. The normalized spacial score (nSPS) is 17.4. The number of nitrogens with zero attached hydrogens (tertiary/aromatic N) is 2. The quantitative estimate of drug-likeness (QED) is 0.904. The van der Waals surface area contributed by atoms with Gasteiger partial charge >= 0.3 is 0 Å². The van der Waals surface area contributed by atoms with Gasteiger partial charge in [-0.05, 0) is 31.9 Å². The Balaban J connectivity index is 1.66. The zero-order chi connectivity index (χ0) is 17.8. The minimum atomic E-state index is -0.179. The number of ether oxygens (including phenoxy) is 1. The second kappa shape index (κ2) is 7.59. The van der Waals surface area contributed by atoms with Crippen LogP contribution in [0, 0.1) is 6.92 Å². The molecule has 2 aromatic rings. The van der Waals surface area contributed by atoms with Gasteiger partial charge in [0, 0.05) is 37.3 Å². The van der Waals surface area contributed by atoms with Gasteiger partial charge in [-0.15, -0.1) is 0 Å². The zero-order valence-electron chi connectivity index (χ0n) is 15.0. The van der Waals surface area contributed by atoms with Crippen LogP contribution in [-0.2, 0) is 6.42 Å². The summed E-state index contributed by atoms with van der Waals surface area (Å²) in [6, 6.07) is 8.10. The van der Waals surface area contributed by atoms with Crippen molar-refractivity contribution in [3.8, 4) is 5.75 Å². The summed E-state index contributed by atoms with van der Waals surface area (Å²) in [4.78, 5) is 19.1. The first-order chi connectivity index (χ1) is 12.1. The van der Waals surface area contributed by atoms with E-state index in [0.29, 0.717) is 23.8 Å². The van der Waals surface area contributed by atoms with Crippen LogP contribution >= 0.6 is 0 Å². The van der Waals surface area contributed by atoms with Gasteiger partial charge in [0.25, 0.3) is 5.91 Å². The van der Waals surface area contributed by atoms with E-state index in [0.717, 1.165) is 37.4 Å². The number of carbonyl (C=O) groups excluding carboxylic acids is 1. The maximum absolute atomic E-state index is 12.5. The van der Waals surface area contributed by atoms with Gasteiger partial charge in [-0.1, -0.05) is 13.0 Å². The van der Waals surface area contributed by atoms with E-state index in [2.05, 4.69) is 21.3 Å². The van der Waals surface area contributed by atoms with Crippen LogP contribution < -0.4 is 15.0 Å². The minimum absolute atomic E-state index is 0.0852. The van der Waals surface area contributed by atoms with Crippen LogP contribution in [0.1, 0.15) is 41.9 Å². The highest BCUT2D eigenvalue weighted by atomic mass is 16.5. The molecule has 1 aromatic carbocycles. The van der Waals surface area contributed by atoms with E-state index in [4.69, 9.17) is 9.15 Å². The highest BCUT2D eigenvalue weighted by molar-refractivity contribution is 5.92. The first kappa shape index (κ1) is 17.3. The van der Waals surface area contributed by atoms with Gasteiger partial charge in [-0.2, -0.15) is 0 Å². The molecule has 1 aliphatic rings. The molecule has 25 heavy (non-hydrogen) atoms. The number of aryl methyl sites for hydroxylation is 2. The molecule has 1 fully saturated rings. The highest BCUT2D eigenvalue weighted by Crippen LogP contribution is 2.24. The lowest BCUT2D eigenvalue weighted by Gasteiger charge is -2.34. The summed E-state index contributed by atoms with van der Waals surface area (Å²) in [6.45, 7) is 5.51. The molecule has 2 heterocycles. The molecule has 6 nitrogen and oxygen atoms in total. The van der Waals surface area contributed by atoms with E-state index < -0.39 is 0 Å². The molecular weight excluding hydrogens is 318 g/mol. The zero-order valence-corrected chi connectivity index (χ0v) is 15.0. The van der Waals surface area contributed by atoms with Crippen molar-refractivity contribution in [3.05, 3.63) is 41.6 Å². The molecule has 0 saturated carbocycles. The van der Waals surface area contributed by atoms with Crippen molar-refractivity contribution in [2.45, 2.75) is 39.2 Å². The molecule has 0 radical (unpaired) electrons. The van der Waals surface area contributed by atoms with E-state index in [1.165, 1.54) is 0 Å². The van der Waals surface area contributed by atoms with E-state index in [1.807, 2.05) is 25.1 Å². The highest BCUT2D eigenvalue weighted by Gasteiger charge is 2.25. The van der Waals surface area contributed by atoms with Crippen molar-refractivity contribution >= 4 is 11.6 Å². The molecule has 1 unspecified atom stereocenters. The predicted octanol–water partition coefficient (Wildman–Crippen LogP) is 2.95. The van der Waals surface area contributed by atoms with E-state index in [9.17, 15) is 4.79 Å². The van der Waals surface area contributed by atoms with Gasteiger partial charge in [0.15, 0.2) is 5.89 Å². The van der Waals surface area contributed by atoms with Gasteiger partial charge in [0.2, 0.25) is 5.76 Å². The number of anilines is 1. The van der Waals surface area contributed by atoms with Crippen molar-refractivity contribution in [1.29, 1.82) is 0 Å². The number of rotatable bonds is 5. The number of methoxy groups -OCH3 is 1. The molecule has 0 bridgehead atoms. The SMILES string of the molecule is CCc1nc(C)c(C(=O)NC2CCCN(c3cccc(OC)c3)C2)o1. The van der Waals surface area contributed by atoms with Crippen molar-refractivity contribution in [2.24, 2.45) is 0 Å². The van der Waals surface area contributed by atoms with Gasteiger partial charge in [0.1, 0.15) is 5.75 Å². The number of benzene rings is 1. The second-order valence-corrected chi connectivity index (χ2v) is 6.34. The summed E-state index contributed by atoms with van der Waals surface area (Å²) in [5.41, 5.74) is 1.76. The third-order valence-electron chi connectivity index (χ3n) is 4.52. The third kappa shape index (κ3) is 3.95. The standard InChI is InChI=1S/C19H25N3O3/c1-4-17-20-13(2)18(25-17)19(23)21-14-7-6-10-22(12-14)15-8-5-9-16(11-15)24-3/h5,8-9,11,14H,4,6-7,10,12H2,1-3H3,(H,21,23). The maximum atomic E-state index is 12.5. The van der Waals surface area contributed by atoms with E-state index in [1.54, 1.807) is 14.0 Å². The molecule has 1 N–H and O–H groups in total. The van der Waals surface area contributed by atoms with Crippen LogP contribution in [0.15, 0.2) is 28.7 Å². The summed E-state index contributed by atoms with van der Waals surface area (Å²) in [5.74, 6) is 1.59. The van der Waals surface area contributed by atoms with Gasteiger partial charge in [0.05, 0.1) is 12.8 Å². The fraction of sp³-hybridized carbons (Fsp3) is 0.474. The van der Waals surface area contributed by atoms with E-state index >= 15 is 0 Å². The fourth-order valence-electron chi connectivity index (χ4n) is 3.20. The monoisotopic (exact) mass is 343 g/mol. The maximum Gasteiger partial charge on any atom is 0.289 e. The Hall–Kier alpha value is -2.50. The molecule has 1 saturated heterocycles. The molecule has 6 heteroatoms. The minimum Gasteiger partial charge on any atom is -0.497 e. The van der Waals surface area contributed by atoms with Crippen molar-refractivity contribution in [1.82, 2.24) is 10.3 Å². The molecule has 1 amide bonds. The van der Waals surface area contributed by atoms with Crippen LogP contribution in [0.2, 0.25) is 0 Å². The summed E-state index contributed by atoms with van der Waals surface area (Å²) in [6.07, 6.45) is 2.67. The van der Waals surface area contributed by atoms with Gasteiger partial charge in [-0.3, -0.25) is 4.79 Å². The molecule has 0 aliphatic carbocycles. The Morgan fingerprint density at radius 3 is 3.04 bits per heavy atom. The van der Waals surface area contributed by atoms with Crippen molar-refractivity contribution in [3.63, 3.8) is 0 Å². The molecule has 1 aromatic heterocycles. The Labute approximate surface area is 148 Å². The molecule has 1 aliphatic heterocycles. The number of amides is 1. The first-order valence-corrected chi connectivity index (χ1v) is 8.77. The second-order valence-electron chi connectivity index (χ2n) is 6.34. The Bertz CT molecular complexity index is 741. The van der Waals surface area contributed by atoms with Crippen LogP contribution in [0.3, 0.4) is 0 Å². The van der Waals surface area contributed by atoms with E-state index in [-0.39, 0.29) is 11.9 Å². The van der Waals surface area contributed by atoms with Crippen molar-refractivity contribution < 1.29 is 13.9 Å². The number of hydrogen-bond acceptors (Lipinski definition) is 5. The fourth-order valence-corrected chi connectivity index (χ4v) is 3.20. The third-order valence-corrected chi connectivity index (χ3v) is 4.52. The summed E-state index contributed by atoms with van der Waals surface area (Å²) >= 11 is 0. The van der Waals surface area contributed by atoms with Crippen LogP contribution in [0.25, 0.3) is 0 Å². The van der Waals surface area contributed by atoms with Gasteiger partial charge in [-0.25, -0.2) is 4.98 Å². The van der Waals surface area contributed by atoms with Crippen LogP contribution in [0.5, 0.6) is 5.75 Å². The predicted molar refractivity (Wildman–Crippen MR) is 96.3 cm³/mol. The molecular formula is C19H25N3O3.